The van der Waals surface area contributed by atoms with E-state index >= 15 is 0 Å². The number of allylic oxidation sites excluding steroid dienone is 4. The maximum atomic E-state index is 11.8. The van der Waals surface area contributed by atoms with Crippen LogP contribution in [0.3, 0.4) is 0 Å². The molecule has 6 nitrogen and oxygen atoms in total. The predicted molar refractivity (Wildman–Crippen MR) is 101 cm³/mol. The Kier molecular flexibility index (Phi) is 6.28. The fourth-order valence-corrected chi connectivity index (χ4v) is 4.43. The topological polar surface area (TPSA) is 88.2 Å². The van der Waals surface area contributed by atoms with Gasteiger partial charge in [0, 0.05) is 5.92 Å². The van der Waals surface area contributed by atoms with E-state index in [1.54, 1.807) is 0 Å². The largest absolute Gasteiger partial charge is 0.446 e. The number of epoxide rings is 1. The molecule has 1 spiro atoms. The summed E-state index contributed by atoms with van der Waals surface area (Å²) in [5.41, 5.74) is -1.20. The average molecular weight is 398 g/mol. The molecule has 27 heavy (non-hydrogen) atoms. The van der Waals surface area contributed by atoms with Crippen molar-refractivity contribution in [2.45, 2.75) is 62.8 Å². The number of carbonyl (C=O) groups is 2. The number of rotatable bonds is 6. The summed E-state index contributed by atoms with van der Waals surface area (Å²) in [4.78, 5) is 23.0. The maximum absolute atomic E-state index is 11.8. The van der Waals surface area contributed by atoms with E-state index in [1.165, 1.54) is 0 Å². The molecule has 1 saturated heterocycles. The van der Waals surface area contributed by atoms with Crippen LogP contribution >= 0.6 is 11.6 Å². The van der Waals surface area contributed by atoms with Gasteiger partial charge >= 0.3 is 6.09 Å². The fraction of sp³-hybridized carbons (Fsp3) is 0.700. The first kappa shape index (κ1) is 20.4. The quantitative estimate of drug-likeness (QED) is 0.531. The van der Waals surface area contributed by atoms with Crippen molar-refractivity contribution in [1.82, 2.24) is 5.32 Å². The molecule has 3 aliphatic rings. The summed E-state index contributed by atoms with van der Waals surface area (Å²) in [5.74, 6) is -0.541. The smallest absolute Gasteiger partial charge is 0.414 e. The molecule has 0 aromatic carbocycles. The summed E-state index contributed by atoms with van der Waals surface area (Å²) in [7, 11) is 0. The molecule has 2 aliphatic carbocycles. The Morgan fingerprint density at radius 3 is 2.85 bits per heavy atom. The Morgan fingerprint density at radius 1 is 1.44 bits per heavy atom. The van der Waals surface area contributed by atoms with Crippen LogP contribution in [0.25, 0.3) is 0 Å². The molecular formula is C20H28ClNO5. The third-order valence-electron chi connectivity index (χ3n) is 6.02. The first-order valence-corrected chi connectivity index (χ1v) is 10.1. The maximum Gasteiger partial charge on any atom is 0.414 e. The molecular weight excluding hydrogens is 370 g/mol. The number of hydrogen-bond acceptors (Lipinski definition) is 5. The molecule has 0 aromatic rings. The van der Waals surface area contributed by atoms with Gasteiger partial charge < -0.3 is 14.6 Å². The molecule has 5 atom stereocenters. The first-order chi connectivity index (χ1) is 12.8. The van der Waals surface area contributed by atoms with Crippen LogP contribution in [-0.4, -0.2) is 46.9 Å². The van der Waals surface area contributed by atoms with Crippen LogP contribution in [0.1, 0.15) is 45.4 Å². The van der Waals surface area contributed by atoms with Gasteiger partial charge in [-0.05, 0) is 51.4 Å². The van der Waals surface area contributed by atoms with E-state index in [2.05, 4.69) is 23.5 Å². The Labute approximate surface area is 164 Å². The minimum Gasteiger partial charge on any atom is -0.446 e. The average Bonchev–Trinajstić information content (AvgIpc) is 3.42. The fourth-order valence-electron chi connectivity index (χ4n) is 4.37. The van der Waals surface area contributed by atoms with Crippen LogP contribution in [0.15, 0.2) is 24.3 Å². The zero-order valence-electron chi connectivity index (χ0n) is 15.7. The van der Waals surface area contributed by atoms with Crippen LogP contribution < -0.4 is 5.32 Å². The molecule has 0 bridgehead atoms. The zero-order chi connectivity index (χ0) is 19.5. The van der Waals surface area contributed by atoms with Gasteiger partial charge in [-0.1, -0.05) is 24.3 Å². The Bertz CT molecular complexity index is 626. The predicted octanol–water partition coefficient (Wildman–Crippen LogP) is 3.08. The van der Waals surface area contributed by atoms with Crippen LogP contribution in [0.4, 0.5) is 4.79 Å². The van der Waals surface area contributed by atoms with Crippen molar-refractivity contribution in [1.29, 1.82) is 0 Å². The van der Waals surface area contributed by atoms with Gasteiger partial charge in [0.05, 0.1) is 17.8 Å². The van der Waals surface area contributed by atoms with Gasteiger partial charge in [-0.25, -0.2) is 4.79 Å². The number of alkyl halides is 1. The number of amides is 2. The van der Waals surface area contributed by atoms with Crippen molar-refractivity contribution in [3.8, 4) is 0 Å². The molecule has 0 radical (unpaired) electrons. The standard InChI is InChI=1S/C20H28ClNO5/c1-19(25,9-7-14-5-3-2-4-6-14)16-11-15(8-10-20(16)13-26-20)27-18(24)22-17(23)12-21/h2-5,14-16,25H,6-13H2,1H3,(H,22,23,24)/t14?,15-,16?,19+,20-/m0/s1. The number of ether oxygens (including phenoxy) is 2. The molecule has 2 amide bonds. The van der Waals surface area contributed by atoms with Gasteiger partial charge in [-0.3, -0.25) is 10.1 Å². The number of aliphatic hydroxyl groups is 1. The number of carbonyl (C=O) groups excluding carboxylic acids is 2. The molecule has 2 N–H and O–H groups in total. The van der Waals surface area contributed by atoms with Crippen LogP contribution in [0.5, 0.6) is 0 Å². The summed E-state index contributed by atoms with van der Waals surface area (Å²) in [6.45, 7) is 2.51. The molecule has 1 saturated carbocycles. The second-order valence-electron chi connectivity index (χ2n) is 8.09. The van der Waals surface area contributed by atoms with Gasteiger partial charge in [-0.15, -0.1) is 11.6 Å². The zero-order valence-corrected chi connectivity index (χ0v) is 16.4. The lowest BCUT2D eigenvalue weighted by Crippen LogP contribution is -2.50. The van der Waals surface area contributed by atoms with Crippen molar-refractivity contribution in [2.24, 2.45) is 11.8 Å². The Hall–Kier alpha value is -1.37. The normalized spacial score (nSPS) is 34.1. The third kappa shape index (κ3) is 5.12. The highest BCUT2D eigenvalue weighted by Crippen LogP contribution is 2.52. The number of alkyl carbamates (subject to hydrolysis) is 1. The van der Waals surface area contributed by atoms with Crippen molar-refractivity contribution >= 4 is 23.6 Å². The van der Waals surface area contributed by atoms with E-state index < -0.39 is 17.6 Å². The summed E-state index contributed by atoms with van der Waals surface area (Å²) in [6, 6.07) is 0. The molecule has 2 unspecified atom stereocenters. The van der Waals surface area contributed by atoms with E-state index in [9.17, 15) is 14.7 Å². The van der Waals surface area contributed by atoms with Crippen molar-refractivity contribution in [2.75, 3.05) is 12.5 Å². The summed E-state index contributed by atoms with van der Waals surface area (Å²) < 4.78 is 11.1. The monoisotopic (exact) mass is 397 g/mol. The lowest BCUT2D eigenvalue weighted by atomic mass is 9.67. The van der Waals surface area contributed by atoms with Gasteiger partial charge in [0.25, 0.3) is 0 Å². The molecule has 150 valence electrons. The summed E-state index contributed by atoms with van der Waals surface area (Å²) >= 11 is 5.39. The van der Waals surface area contributed by atoms with Crippen molar-refractivity contribution < 1.29 is 24.2 Å². The van der Waals surface area contributed by atoms with E-state index in [0.29, 0.717) is 31.8 Å². The van der Waals surface area contributed by atoms with E-state index in [-0.39, 0.29) is 23.5 Å². The van der Waals surface area contributed by atoms with Gasteiger partial charge in [-0.2, -0.15) is 0 Å². The van der Waals surface area contributed by atoms with Gasteiger partial charge in [0.2, 0.25) is 5.91 Å². The van der Waals surface area contributed by atoms with Crippen LogP contribution in [-0.2, 0) is 14.3 Å². The highest BCUT2D eigenvalue weighted by Gasteiger charge is 2.60. The lowest BCUT2D eigenvalue weighted by Gasteiger charge is -2.42. The molecule has 3 rings (SSSR count). The minimum absolute atomic E-state index is 0.108. The van der Waals surface area contributed by atoms with Crippen molar-refractivity contribution in [3.63, 3.8) is 0 Å². The second-order valence-corrected chi connectivity index (χ2v) is 8.36. The molecule has 2 fully saturated rings. The summed E-state index contributed by atoms with van der Waals surface area (Å²) in [6.07, 6.45) is 11.8. The highest BCUT2D eigenvalue weighted by atomic mass is 35.5. The van der Waals surface area contributed by atoms with Gasteiger partial charge in [0.15, 0.2) is 0 Å². The van der Waals surface area contributed by atoms with E-state index in [0.717, 1.165) is 19.3 Å². The Morgan fingerprint density at radius 2 is 2.22 bits per heavy atom. The minimum atomic E-state index is -0.907. The second kappa shape index (κ2) is 8.33. The number of hydrogen-bond donors (Lipinski definition) is 2. The number of nitrogens with one attached hydrogen (secondary N) is 1. The molecule has 1 heterocycles. The lowest BCUT2D eigenvalue weighted by molar-refractivity contribution is -0.118. The highest BCUT2D eigenvalue weighted by molar-refractivity contribution is 6.28. The van der Waals surface area contributed by atoms with E-state index in [1.807, 2.05) is 13.0 Å². The first-order valence-electron chi connectivity index (χ1n) is 9.61. The molecule has 7 heteroatoms. The van der Waals surface area contributed by atoms with Crippen molar-refractivity contribution in [3.05, 3.63) is 24.3 Å². The Balaban J connectivity index is 1.58. The SMILES string of the molecule is C[C@@](O)(CCC1C=CC=CC1)C1C[C@@H](OC(=O)NC(=O)CCl)CC[C@]12CO2. The number of halogens is 1. The number of imide groups is 1. The third-order valence-corrected chi connectivity index (χ3v) is 6.26. The van der Waals surface area contributed by atoms with E-state index in [4.69, 9.17) is 21.1 Å². The van der Waals surface area contributed by atoms with Crippen LogP contribution in [0, 0.1) is 11.8 Å². The molecule has 1 aliphatic heterocycles. The molecule has 0 aromatic heterocycles. The summed E-state index contributed by atoms with van der Waals surface area (Å²) in [5, 5.41) is 13.3. The van der Waals surface area contributed by atoms with Crippen LogP contribution in [0.2, 0.25) is 0 Å². The van der Waals surface area contributed by atoms with Gasteiger partial charge in [0.1, 0.15) is 12.0 Å².